The second-order valence-electron chi connectivity index (χ2n) is 9.21. The summed E-state index contributed by atoms with van der Waals surface area (Å²) in [5, 5.41) is 13.7. The molecule has 37 heavy (non-hydrogen) atoms. The number of amides is 3. The third kappa shape index (κ3) is 6.69. The molecule has 10 heteroatoms. The number of urea groups is 1. The quantitative estimate of drug-likeness (QED) is 0.267. The molecule has 2 aromatic carbocycles. The molecule has 0 aliphatic heterocycles. The Morgan fingerprint density at radius 1 is 0.919 bits per heavy atom. The summed E-state index contributed by atoms with van der Waals surface area (Å²) >= 11 is 7.54. The summed E-state index contributed by atoms with van der Waals surface area (Å²) < 4.78 is 1.69. The van der Waals surface area contributed by atoms with Crippen molar-refractivity contribution in [3.05, 3.63) is 89.3 Å². The summed E-state index contributed by atoms with van der Waals surface area (Å²) in [6.07, 6.45) is 1.60. The molecule has 190 valence electrons. The van der Waals surface area contributed by atoms with Crippen molar-refractivity contribution < 1.29 is 9.59 Å². The van der Waals surface area contributed by atoms with Gasteiger partial charge in [0.2, 0.25) is 0 Å². The predicted octanol–water partition coefficient (Wildman–Crippen LogP) is 6.37. The molecule has 3 amide bonds. The van der Waals surface area contributed by atoms with Crippen LogP contribution in [0.5, 0.6) is 0 Å². The number of halogens is 1. The fraction of sp³-hybridized carbons (Fsp3) is 0.185. The molecule has 4 aromatic rings. The molecule has 0 saturated carbocycles. The van der Waals surface area contributed by atoms with Crippen molar-refractivity contribution in [2.24, 2.45) is 0 Å². The van der Waals surface area contributed by atoms with Crippen LogP contribution in [0.4, 0.5) is 16.3 Å². The number of nitrogens with one attached hydrogen (secondary N) is 3. The lowest BCUT2D eigenvalue weighted by atomic mass is 9.92. The van der Waals surface area contributed by atoms with E-state index in [-0.39, 0.29) is 17.4 Å². The first-order valence-electron chi connectivity index (χ1n) is 11.5. The number of pyridine rings is 1. The minimum absolute atomic E-state index is 0.200. The monoisotopic (exact) mass is 534 g/mol. The number of hydrogen-bond donors (Lipinski definition) is 3. The van der Waals surface area contributed by atoms with E-state index >= 15 is 0 Å². The van der Waals surface area contributed by atoms with Gasteiger partial charge in [-0.2, -0.15) is 5.10 Å². The van der Waals surface area contributed by atoms with E-state index in [9.17, 15) is 9.59 Å². The maximum Gasteiger partial charge on any atom is 0.324 e. The number of carbonyl (C=O) groups excluding carboxylic acids is 2. The Hall–Kier alpha value is -3.82. The van der Waals surface area contributed by atoms with Gasteiger partial charge in [-0.3, -0.25) is 15.1 Å². The van der Waals surface area contributed by atoms with Gasteiger partial charge in [0.1, 0.15) is 11.5 Å². The van der Waals surface area contributed by atoms with Gasteiger partial charge in [0.05, 0.1) is 11.4 Å². The van der Waals surface area contributed by atoms with Gasteiger partial charge < -0.3 is 10.6 Å². The van der Waals surface area contributed by atoms with Crippen LogP contribution in [-0.4, -0.2) is 33.8 Å². The fourth-order valence-corrected chi connectivity index (χ4v) is 4.33. The van der Waals surface area contributed by atoms with Crippen molar-refractivity contribution in [2.45, 2.75) is 36.0 Å². The van der Waals surface area contributed by atoms with Crippen LogP contribution >= 0.6 is 23.4 Å². The number of nitrogens with zero attached hydrogens (tertiary/aromatic N) is 3. The predicted molar refractivity (Wildman–Crippen MR) is 148 cm³/mol. The molecule has 0 unspecified atom stereocenters. The van der Waals surface area contributed by atoms with E-state index in [0.29, 0.717) is 22.2 Å². The molecule has 0 bridgehead atoms. The minimum Gasteiger partial charge on any atom is -0.354 e. The second-order valence-corrected chi connectivity index (χ2v) is 10.8. The van der Waals surface area contributed by atoms with Gasteiger partial charge in [-0.25, -0.2) is 9.48 Å². The van der Waals surface area contributed by atoms with Crippen LogP contribution in [0.25, 0.3) is 5.69 Å². The Balaban J connectivity index is 1.46. The van der Waals surface area contributed by atoms with Crippen molar-refractivity contribution >= 4 is 46.8 Å². The molecule has 0 fully saturated rings. The van der Waals surface area contributed by atoms with E-state index in [4.69, 9.17) is 16.7 Å². The highest BCUT2D eigenvalue weighted by molar-refractivity contribution is 7.99. The van der Waals surface area contributed by atoms with Crippen molar-refractivity contribution in [2.75, 3.05) is 17.7 Å². The molecule has 4 rings (SSSR count). The Labute approximate surface area is 224 Å². The van der Waals surface area contributed by atoms with Crippen LogP contribution in [0.2, 0.25) is 5.02 Å². The lowest BCUT2D eigenvalue weighted by Crippen LogP contribution is -2.21. The molecular weight excluding hydrogens is 508 g/mol. The molecule has 0 radical (unpaired) electrons. The zero-order chi connectivity index (χ0) is 26.6. The Bertz CT molecular complexity index is 1410. The molecule has 2 aromatic heterocycles. The number of aromatic nitrogens is 3. The Kier molecular flexibility index (Phi) is 7.85. The molecule has 0 aliphatic rings. The highest BCUT2D eigenvalue weighted by Gasteiger charge is 2.21. The highest BCUT2D eigenvalue weighted by Crippen LogP contribution is 2.29. The topological polar surface area (TPSA) is 101 Å². The summed E-state index contributed by atoms with van der Waals surface area (Å²) in [5.74, 6) is 0.307. The van der Waals surface area contributed by atoms with Crippen molar-refractivity contribution in [1.82, 2.24) is 20.1 Å². The van der Waals surface area contributed by atoms with Crippen LogP contribution in [-0.2, 0) is 5.41 Å². The number of carbonyl (C=O) groups is 2. The standard InChI is InChI=1S/C27H27ClN6O2S/c1-27(2,3)23-16-24(34(33-23)19-9-5-17(28)6-10-19)32-26(36)31-18-7-11-20(12-8-18)37-21-13-14-30-22(15-21)25(35)29-4/h5-16H,1-4H3,(H,29,35)(H2,31,32,36). The molecule has 2 heterocycles. The first-order valence-corrected chi connectivity index (χ1v) is 12.7. The van der Waals surface area contributed by atoms with Crippen molar-refractivity contribution in [1.29, 1.82) is 0 Å². The normalized spacial score (nSPS) is 11.2. The van der Waals surface area contributed by atoms with Crippen LogP contribution in [0.15, 0.2) is 82.7 Å². The average Bonchev–Trinajstić information content (AvgIpc) is 3.29. The van der Waals surface area contributed by atoms with Crippen LogP contribution in [0, 0.1) is 0 Å². The Morgan fingerprint density at radius 3 is 2.27 bits per heavy atom. The van der Waals surface area contributed by atoms with E-state index in [1.54, 1.807) is 36.1 Å². The highest BCUT2D eigenvalue weighted by atomic mass is 35.5. The third-order valence-corrected chi connectivity index (χ3v) is 6.58. The SMILES string of the molecule is CNC(=O)c1cc(Sc2ccc(NC(=O)Nc3cc(C(C)(C)C)nn3-c3ccc(Cl)cc3)cc2)ccn1. The van der Waals surface area contributed by atoms with Crippen LogP contribution in [0.3, 0.4) is 0 Å². The maximum atomic E-state index is 12.8. The summed E-state index contributed by atoms with van der Waals surface area (Å²) in [7, 11) is 1.57. The third-order valence-electron chi connectivity index (χ3n) is 5.33. The van der Waals surface area contributed by atoms with Crippen molar-refractivity contribution in [3.63, 3.8) is 0 Å². The van der Waals surface area contributed by atoms with Crippen LogP contribution in [0.1, 0.15) is 37.0 Å². The van der Waals surface area contributed by atoms with Gasteiger partial charge in [-0.15, -0.1) is 0 Å². The number of hydrogen-bond acceptors (Lipinski definition) is 5. The minimum atomic E-state index is -0.389. The molecule has 0 saturated heterocycles. The van der Waals surface area contributed by atoms with Crippen LogP contribution < -0.4 is 16.0 Å². The first kappa shape index (κ1) is 26.2. The summed E-state index contributed by atoms with van der Waals surface area (Å²) in [6, 6.07) is 19.8. The average molecular weight is 535 g/mol. The van der Waals surface area contributed by atoms with Gasteiger partial charge in [0.25, 0.3) is 5.91 Å². The summed E-state index contributed by atoms with van der Waals surface area (Å²) in [4.78, 5) is 30.6. The summed E-state index contributed by atoms with van der Waals surface area (Å²) in [5.41, 5.74) is 2.42. The lowest BCUT2D eigenvalue weighted by molar-refractivity contribution is 0.0958. The molecule has 3 N–H and O–H groups in total. The Morgan fingerprint density at radius 2 is 1.62 bits per heavy atom. The lowest BCUT2D eigenvalue weighted by Gasteiger charge is -2.14. The first-order chi connectivity index (χ1) is 17.6. The van der Waals surface area contributed by atoms with Gasteiger partial charge in [0, 0.05) is 45.2 Å². The number of benzene rings is 2. The van der Waals surface area contributed by atoms with Crippen molar-refractivity contribution in [3.8, 4) is 5.69 Å². The van der Waals surface area contributed by atoms with Gasteiger partial charge in [0.15, 0.2) is 0 Å². The number of anilines is 2. The summed E-state index contributed by atoms with van der Waals surface area (Å²) in [6.45, 7) is 6.20. The van der Waals surface area contributed by atoms with E-state index in [1.807, 2.05) is 48.5 Å². The van der Waals surface area contributed by atoms with Gasteiger partial charge in [-0.1, -0.05) is 44.1 Å². The smallest absolute Gasteiger partial charge is 0.324 e. The molecule has 0 spiro atoms. The second kappa shape index (κ2) is 11.1. The van der Waals surface area contributed by atoms with Gasteiger partial charge >= 0.3 is 6.03 Å². The molecule has 0 atom stereocenters. The van der Waals surface area contributed by atoms with E-state index in [2.05, 4.69) is 41.7 Å². The molecular formula is C27H27ClN6O2S. The fourth-order valence-electron chi connectivity index (χ4n) is 3.36. The van der Waals surface area contributed by atoms with E-state index in [0.717, 1.165) is 21.2 Å². The van der Waals surface area contributed by atoms with E-state index in [1.165, 1.54) is 11.8 Å². The van der Waals surface area contributed by atoms with Gasteiger partial charge in [-0.05, 0) is 60.7 Å². The zero-order valence-electron chi connectivity index (χ0n) is 20.9. The zero-order valence-corrected chi connectivity index (χ0v) is 22.4. The molecule has 8 nitrogen and oxygen atoms in total. The number of rotatable bonds is 6. The van der Waals surface area contributed by atoms with E-state index < -0.39 is 0 Å². The molecule has 0 aliphatic carbocycles. The largest absolute Gasteiger partial charge is 0.354 e. The maximum absolute atomic E-state index is 12.8.